The third kappa shape index (κ3) is 10.9. The van der Waals surface area contributed by atoms with Gasteiger partial charge in [0.15, 0.2) is 0 Å². The molecule has 0 saturated heterocycles. The molecule has 0 spiro atoms. The molecule has 0 saturated carbocycles. The Kier molecular flexibility index (Phi) is 12.8. The first kappa shape index (κ1) is 25.3. The van der Waals surface area contributed by atoms with Gasteiger partial charge in [0, 0.05) is 0 Å². The van der Waals surface area contributed by atoms with Crippen LogP contribution in [0.3, 0.4) is 0 Å². The zero-order valence-corrected chi connectivity index (χ0v) is 20.0. The SMILES string of the molecule is CCOC(=O)COC(=O)C(C)(CC)NS(=O)(=O)CCC[C@@H](C)O[I-]I. The maximum absolute atomic E-state index is 12.2. The molecular formula is C14H26I2NO7S-. The summed E-state index contributed by atoms with van der Waals surface area (Å²) >= 11 is 1.87. The molecule has 1 N–H and O–H groups in total. The fourth-order valence-electron chi connectivity index (χ4n) is 1.80. The number of carbonyl (C=O) groups excluding carboxylic acids is 2. The molecule has 1 unspecified atom stereocenters. The van der Waals surface area contributed by atoms with Crippen LogP contribution in [-0.2, 0) is 32.2 Å². The summed E-state index contributed by atoms with van der Waals surface area (Å²) in [5.41, 5.74) is -1.43. The predicted octanol–water partition coefficient (Wildman–Crippen LogP) is -1.28. The molecule has 0 aliphatic carbocycles. The quantitative estimate of drug-likeness (QED) is 0.206. The van der Waals surface area contributed by atoms with Crippen molar-refractivity contribution in [3.63, 3.8) is 0 Å². The predicted molar refractivity (Wildman–Crippen MR) is 97.0 cm³/mol. The summed E-state index contributed by atoms with van der Waals surface area (Å²) in [5.74, 6) is -1.59. The van der Waals surface area contributed by atoms with Crippen LogP contribution in [0.15, 0.2) is 0 Å². The van der Waals surface area contributed by atoms with Crippen LogP contribution in [-0.4, -0.2) is 51.0 Å². The van der Waals surface area contributed by atoms with Crippen LogP contribution in [0, 0.1) is 0 Å². The maximum atomic E-state index is 12.2. The van der Waals surface area contributed by atoms with Crippen molar-refractivity contribution in [1.82, 2.24) is 4.72 Å². The Morgan fingerprint density at radius 3 is 2.44 bits per heavy atom. The number of hydrogen-bond donors (Lipinski definition) is 1. The van der Waals surface area contributed by atoms with Gasteiger partial charge < -0.3 is 4.74 Å². The first-order valence-electron chi connectivity index (χ1n) is 7.86. The van der Waals surface area contributed by atoms with Gasteiger partial charge in [0.05, 0.1) is 6.61 Å². The normalized spacial score (nSPS) is 15.4. The molecule has 0 fully saturated rings. The summed E-state index contributed by atoms with van der Waals surface area (Å²) in [6, 6.07) is 0. The Morgan fingerprint density at radius 2 is 1.92 bits per heavy atom. The summed E-state index contributed by atoms with van der Waals surface area (Å²) in [6.45, 7) is 6.27. The van der Waals surface area contributed by atoms with Crippen LogP contribution in [0.2, 0.25) is 0 Å². The van der Waals surface area contributed by atoms with E-state index in [0.717, 1.165) is 0 Å². The summed E-state index contributed by atoms with van der Waals surface area (Å²) in [6.07, 6.45) is 1.26. The van der Waals surface area contributed by atoms with Crippen LogP contribution in [0.4, 0.5) is 0 Å². The average Bonchev–Trinajstić information content (AvgIpc) is 2.52. The Morgan fingerprint density at radius 1 is 1.28 bits per heavy atom. The summed E-state index contributed by atoms with van der Waals surface area (Å²) in [4.78, 5) is 23.4. The minimum atomic E-state index is -3.67. The third-order valence-electron chi connectivity index (χ3n) is 3.37. The molecule has 0 amide bonds. The van der Waals surface area contributed by atoms with E-state index in [1.54, 1.807) is 13.8 Å². The van der Waals surface area contributed by atoms with E-state index in [-0.39, 0.29) is 42.5 Å². The van der Waals surface area contributed by atoms with Gasteiger partial charge in [-0.1, -0.05) is 0 Å². The van der Waals surface area contributed by atoms with Gasteiger partial charge in [0.25, 0.3) is 0 Å². The van der Waals surface area contributed by atoms with Crippen molar-refractivity contribution in [3.05, 3.63) is 0 Å². The van der Waals surface area contributed by atoms with E-state index in [1.165, 1.54) is 6.92 Å². The monoisotopic (exact) mass is 606 g/mol. The van der Waals surface area contributed by atoms with Crippen molar-refractivity contribution in [1.29, 1.82) is 0 Å². The number of halogens is 2. The standard InChI is InChI=1S/C14H26I2NO7S/c1-5-14(4,13(19)23-10-12(18)22-6-2)17-25(20,21)9-7-8-11(3)24-16-15/h11,17H,5-10H2,1-4H3/q-1/t11-,14?/m1/s1. The molecule has 0 heterocycles. The van der Waals surface area contributed by atoms with E-state index in [4.69, 9.17) is 7.80 Å². The first-order valence-corrected chi connectivity index (χ1v) is 16.7. The molecular weight excluding hydrogens is 580 g/mol. The van der Waals surface area contributed by atoms with Crippen LogP contribution in [0.5, 0.6) is 0 Å². The van der Waals surface area contributed by atoms with E-state index in [1.807, 2.05) is 6.92 Å². The number of rotatable bonds is 13. The van der Waals surface area contributed by atoms with Crippen molar-refractivity contribution >= 4 is 40.6 Å². The third-order valence-corrected chi connectivity index (χ3v) is 7.31. The number of hydrogen-bond acceptors (Lipinski definition) is 7. The zero-order valence-electron chi connectivity index (χ0n) is 14.8. The molecule has 0 aliphatic rings. The van der Waals surface area contributed by atoms with Crippen molar-refractivity contribution in [2.75, 3.05) is 19.0 Å². The molecule has 0 rings (SSSR count). The molecule has 8 nitrogen and oxygen atoms in total. The molecule has 25 heavy (non-hydrogen) atoms. The molecule has 0 radical (unpaired) electrons. The van der Waals surface area contributed by atoms with Crippen molar-refractivity contribution in [2.24, 2.45) is 0 Å². The number of ether oxygens (including phenoxy) is 2. The van der Waals surface area contributed by atoms with Crippen molar-refractivity contribution < 1.29 is 48.2 Å². The van der Waals surface area contributed by atoms with E-state index >= 15 is 0 Å². The molecule has 0 aliphatic heterocycles. The second-order valence-corrected chi connectivity index (χ2v) is 10.5. The van der Waals surface area contributed by atoms with Crippen molar-refractivity contribution in [2.45, 2.75) is 58.6 Å². The fourth-order valence-corrected chi connectivity index (χ4v) is 6.15. The van der Waals surface area contributed by atoms with E-state index in [9.17, 15) is 18.0 Å². The number of sulfonamides is 1. The van der Waals surface area contributed by atoms with Gasteiger partial charge in [-0.15, -0.1) is 0 Å². The van der Waals surface area contributed by atoms with E-state index < -0.39 is 34.1 Å². The topological polar surface area (TPSA) is 108 Å². The molecule has 150 valence electrons. The summed E-state index contributed by atoms with van der Waals surface area (Å²) in [5, 5.41) is 0. The van der Waals surface area contributed by atoms with Crippen LogP contribution < -0.4 is 22.4 Å². The molecule has 0 aromatic rings. The Bertz CT molecular complexity index is 529. The number of nitrogens with one attached hydrogen (secondary N) is 1. The minimum absolute atomic E-state index is 0.0204. The van der Waals surface area contributed by atoms with Gasteiger partial charge in [0.1, 0.15) is 0 Å². The number of esters is 2. The van der Waals surface area contributed by atoms with Gasteiger partial charge in [-0.05, 0) is 6.92 Å². The Labute approximate surface area is 170 Å². The van der Waals surface area contributed by atoms with E-state index in [2.05, 4.69) is 28.1 Å². The Balaban J connectivity index is 4.63. The summed E-state index contributed by atoms with van der Waals surface area (Å²) < 4.78 is 41.9. The fraction of sp³-hybridized carbons (Fsp3) is 0.857. The van der Waals surface area contributed by atoms with Gasteiger partial charge >= 0.3 is 148 Å². The molecule has 11 heteroatoms. The molecule has 0 aromatic carbocycles. The van der Waals surface area contributed by atoms with Crippen LogP contribution in [0.25, 0.3) is 0 Å². The van der Waals surface area contributed by atoms with Gasteiger partial charge in [-0.3, -0.25) is 0 Å². The molecule has 0 bridgehead atoms. The summed E-state index contributed by atoms with van der Waals surface area (Å²) in [7, 11) is -3.67. The molecule has 2 atom stereocenters. The van der Waals surface area contributed by atoms with Gasteiger partial charge in [-0.2, -0.15) is 0 Å². The first-order chi connectivity index (χ1) is 11.6. The van der Waals surface area contributed by atoms with Crippen LogP contribution in [0.1, 0.15) is 47.0 Å². The Hall–Kier alpha value is 0.270. The van der Waals surface area contributed by atoms with Gasteiger partial charge in [-0.25, -0.2) is 4.79 Å². The van der Waals surface area contributed by atoms with Crippen LogP contribution >= 0.6 is 18.6 Å². The zero-order chi connectivity index (χ0) is 19.5. The van der Waals surface area contributed by atoms with E-state index in [0.29, 0.717) is 12.8 Å². The second kappa shape index (κ2) is 12.6. The average molecular weight is 606 g/mol. The second-order valence-electron chi connectivity index (χ2n) is 5.59. The molecule has 0 aromatic heterocycles. The van der Waals surface area contributed by atoms with Crippen molar-refractivity contribution in [3.8, 4) is 0 Å². The number of carbonyl (C=O) groups is 2. The van der Waals surface area contributed by atoms with Gasteiger partial charge in [0.2, 0.25) is 0 Å².